The molecule has 0 aliphatic heterocycles. The zero-order valence-electron chi connectivity index (χ0n) is 11.9. The SMILES string of the molecule is CNC(c1cnccc1C)C1CCC(C(F)(F)F)CC1. The number of aromatic nitrogens is 1. The fourth-order valence-electron chi connectivity index (χ4n) is 3.23. The summed E-state index contributed by atoms with van der Waals surface area (Å²) in [7, 11) is 1.87. The Morgan fingerprint density at radius 1 is 1.25 bits per heavy atom. The minimum Gasteiger partial charge on any atom is -0.313 e. The monoisotopic (exact) mass is 286 g/mol. The van der Waals surface area contributed by atoms with Crippen LogP contribution >= 0.6 is 0 Å². The number of alkyl halides is 3. The first kappa shape index (κ1) is 15.3. The van der Waals surface area contributed by atoms with E-state index >= 15 is 0 Å². The second-order valence-corrected chi connectivity index (χ2v) is 5.65. The molecule has 20 heavy (non-hydrogen) atoms. The minimum absolute atomic E-state index is 0.0953. The van der Waals surface area contributed by atoms with Crippen molar-refractivity contribution in [3.05, 3.63) is 29.6 Å². The zero-order valence-corrected chi connectivity index (χ0v) is 11.9. The summed E-state index contributed by atoms with van der Waals surface area (Å²) in [6.07, 6.45) is 1.24. The second kappa shape index (κ2) is 6.12. The van der Waals surface area contributed by atoms with Gasteiger partial charge in [0.2, 0.25) is 0 Å². The molecule has 1 aliphatic rings. The maximum Gasteiger partial charge on any atom is 0.391 e. The maximum absolute atomic E-state index is 12.7. The second-order valence-electron chi connectivity index (χ2n) is 5.65. The average molecular weight is 286 g/mol. The van der Waals surface area contributed by atoms with Gasteiger partial charge in [-0.15, -0.1) is 0 Å². The summed E-state index contributed by atoms with van der Waals surface area (Å²) in [4.78, 5) is 4.14. The van der Waals surface area contributed by atoms with Crippen LogP contribution in [0, 0.1) is 18.8 Å². The summed E-state index contributed by atoms with van der Waals surface area (Å²) in [5, 5.41) is 3.26. The fourth-order valence-corrected chi connectivity index (χ4v) is 3.23. The van der Waals surface area contributed by atoms with Crippen molar-refractivity contribution >= 4 is 0 Å². The molecule has 0 saturated heterocycles. The van der Waals surface area contributed by atoms with Crippen molar-refractivity contribution in [3.63, 3.8) is 0 Å². The Balaban J connectivity index is 2.06. The van der Waals surface area contributed by atoms with E-state index in [2.05, 4.69) is 10.3 Å². The lowest BCUT2D eigenvalue weighted by molar-refractivity contribution is -0.184. The lowest BCUT2D eigenvalue weighted by Gasteiger charge is -2.35. The van der Waals surface area contributed by atoms with Crippen LogP contribution in [-0.4, -0.2) is 18.2 Å². The average Bonchev–Trinajstić information content (AvgIpc) is 2.41. The van der Waals surface area contributed by atoms with Crippen LogP contribution in [0.2, 0.25) is 0 Å². The molecular formula is C15H21F3N2. The summed E-state index contributed by atoms with van der Waals surface area (Å²) in [6.45, 7) is 2.02. The highest BCUT2D eigenvalue weighted by molar-refractivity contribution is 5.25. The Bertz CT molecular complexity index is 437. The van der Waals surface area contributed by atoms with Gasteiger partial charge >= 0.3 is 6.18 Å². The first-order chi connectivity index (χ1) is 9.43. The fraction of sp³-hybridized carbons (Fsp3) is 0.667. The predicted octanol–water partition coefficient (Wildman–Crippen LogP) is 4.02. The molecule has 1 aliphatic carbocycles. The number of aryl methyl sites for hydroxylation is 1. The Labute approximate surface area is 117 Å². The third kappa shape index (κ3) is 3.32. The van der Waals surface area contributed by atoms with Gasteiger partial charge in [0.15, 0.2) is 0 Å². The summed E-state index contributed by atoms with van der Waals surface area (Å²) < 4.78 is 38.1. The van der Waals surface area contributed by atoms with Crippen LogP contribution in [-0.2, 0) is 0 Å². The van der Waals surface area contributed by atoms with Crippen molar-refractivity contribution < 1.29 is 13.2 Å². The largest absolute Gasteiger partial charge is 0.391 e. The molecule has 0 radical (unpaired) electrons. The molecule has 0 aromatic carbocycles. The van der Waals surface area contributed by atoms with E-state index in [0.29, 0.717) is 12.8 Å². The number of nitrogens with zero attached hydrogens (tertiary/aromatic N) is 1. The van der Waals surface area contributed by atoms with Gasteiger partial charge in [0.25, 0.3) is 0 Å². The number of hydrogen-bond acceptors (Lipinski definition) is 2. The molecule has 1 saturated carbocycles. The topological polar surface area (TPSA) is 24.9 Å². The van der Waals surface area contributed by atoms with Gasteiger partial charge in [-0.2, -0.15) is 13.2 Å². The number of nitrogens with one attached hydrogen (secondary N) is 1. The molecular weight excluding hydrogens is 265 g/mol. The van der Waals surface area contributed by atoms with E-state index in [1.807, 2.05) is 26.2 Å². The van der Waals surface area contributed by atoms with Crippen molar-refractivity contribution in [1.82, 2.24) is 10.3 Å². The Morgan fingerprint density at radius 2 is 1.90 bits per heavy atom. The highest BCUT2D eigenvalue weighted by Crippen LogP contribution is 2.43. The summed E-state index contributed by atoms with van der Waals surface area (Å²) in [6, 6.07) is 2.04. The number of hydrogen-bond donors (Lipinski definition) is 1. The van der Waals surface area contributed by atoms with Crippen LogP contribution in [0.4, 0.5) is 13.2 Å². The number of rotatable bonds is 3. The third-order valence-electron chi connectivity index (χ3n) is 4.43. The summed E-state index contributed by atoms with van der Waals surface area (Å²) in [5.74, 6) is -0.868. The quantitative estimate of drug-likeness (QED) is 0.907. The Kier molecular flexibility index (Phi) is 4.68. The highest BCUT2D eigenvalue weighted by atomic mass is 19.4. The van der Waals surface area contributed by atoms with Gasteiger partial charge in [0, 0.05) is 18.4 Å². The van der Waals surface area contributed by atoms with Crippen LogP contribution in [0.15, 0.2) is 18.5 Å². The molecule has 1 fully saturated rings. The smallest absolute Gasteiger partial charge is 0.313 e. The van der Waals surface area contributed by atoms with E-state index in [9.17, 15) is 13.2 Å². The van der Waals surface area contributed by atoms with Crippen molar-refractivity contribution in [3.8, 4) is 0 Å². The molecule has 0 bridgehead atoms. The molecule has 5 heteroatoms. The van der Waals surface area contributed by atoms with Gasteiger partial charge in [-0.3, -0.25) is 4.98 Å². The molecule has 2 nitrogen and oxygen atoms in total. The van der Waals surface area contributed by atoms with Crippen LogP contribution in [0.1, 0.15) is 42.9 Å². The molecule has 2 rings (SSSR count). The minimum atomic E-state index is -4.04. The molecule has 1 aromatic heterocycles. The van der Waals surface area contributed by atoms with E-state index in [-0.39, 0.29) is 24.8 Å². The first-order valence-electron chi connectivity index (χ1n) is 7.08. The van der Waals surface area contributed by atoms with Gasteiger partial charge in [-0.25, -0.2) is 0 Å². The van der Waals surface area contributed by atoms with Crippen molar-refractivity contribution in [2.24, 2.45) is 11.8 Å². The van der Waals surface area contributed by atoms with Crippen molar-refractivity contribution in [2.45, 2.75) is 44.8 Å². The van der Waals surface area contributed by atoms with Gasteiger partial charge < -0.3 is 5.32 Å². The van der Waals surface area contributed by atoms with Crippen LogP contribution in [0.25, 0.3) is 0 Å². The van der Waals surface area contributed by atoms with E-state index in [4.69, 9.17) is 0 Å². The Hall–Kier alpha value is -1.10. The third-order valence-corrected chi connectivity index (χ3v) is 4.43. The van der Waals surface area contributed by atoms with Crippen LogP contribution in [0.5, 0.6) is 0 Å². The number of halogens is 3. The zero-order chi connectivity index (χ0) is 14.8. The standard InChI is InChI=1S/C15H21F3N2/c1-10-7-8-20-9-13(10)14(19-2)11-3-5-12(6-4-11)15(16,17)18/h7-9,11-12,14,19H,3-6H2,1-2H3. The van der Waals surface area contributed by atoms with Gasteiger partial charge in [0.1, 0.15) is 0 Å². The van der Waals surface area contributed by atoms with Gasteiger partial charge in [-0.1, -0.05) is 0 Å². The molecule has 1 N–H and O–H groups in total. The van der Waals surface area contributed by atoms with Crippen LogP contribution in [0.3, 0.4) is 0 Å². The molecule has 1 heterocycles. The van der Waals surface area contributed by atoms with E-state index < -0.39 is 12.1 Å². The highest BCUT2D eigenvalue weighted by Gasteiger charge is 2.42. The molecule has 1 atom stereocenters. The predicted molar refractivity (Wildman–Crippen MR) is 72.3 cm³/mol. The molecule has 1 unspecified atom stereocenters. The van der Waals surface area contributed by atoms with Gasteiger partial charge in [-0.05, 0) is 62.8 Å². The van der Waals surface area contributed by atoms with E-state index in [0.717, 1.165) is 11.1 Å². The Morgan fingerprint density at radius 3 is 2.40 bits per heavy atom. The van der Waals surface area contributed by atoms with E-state index in [1.165, 1.54) is 0 Å². The molecule has 112 valence electrons. The normalized spacial score (nSPS) is 25.4. The summed E-state index contributed by atoms with van der Waals surface area (Å²) >= 11 is 0. The first-order valence-corrected chi connectivity index (χ1v) is 7.08. The lowest BCUT2D eigenvalue weighted by atomic mass is 9.76. The molecule has 0 spiro atoms. The maximum atomic E-state index is 12.7. The summed E-state index contributed by atoms with van der Waals surface area (Å²) in [5.41, 5.74) is 2.24. The van der Waals surface area contributed by atoms with Crippen molar-refractivity contribution in [1.29, 1.82) is 0 Å². The lowest BCUT2D eigenvalue weighted by Crippen LogP contribution is -2.33. The van der Waals surface area contributed by atoms with Gasteiger partial charge in [0.05, 0.1) is 5.92 Å². The van der Waals surface area contributed by atoms with Crippen molar-refractivity contribution in [2.75, 3.05) is 7.05 Å². The van der Waals surface area contributed by atoms with E-state index in [1.54, 1.807) is 6.20 Å². The number of pyridine rings is 1. The molecule has 0 amide bonds. The molecule has 1 aromatic rings. The van der Waals surface area contributed by atoms with Crippen LogP contribution < -0.4 is 5.32 Å².